The van der Waals surface area contributed by atoms with E-state index in [1.807, 2.05) is 0 Å². The van der Waals surface area contributed by atoms with Crippen molar-refractivity contribution in [3.8, 4) is 0 Å². The summed E-state index contributed by atoms with van der Waals surface area (Å²) < 4.78 is 26.4. The monoisotopic (exact) mass is 212 g/mol. The van der Waals surface area contributed by atoms with Crippen molar-refractivity contribution in [3.63, 3.8) is 0 Å². The standard InChI is InChI=1S/C11H10F2O2/c1-7-4-2-3-5-8(7)10(9(14)15)6-11(10,12)13/h2-5H,6H2,1H3,(H,14,15)/t10-/m1/s1. The molecular weight excluding hydrogens is 202 g/mol. The van der Waals surface area contributed by atoms with Crippen LogP contribution in [0.3, 0.4) is 0 Å². The molecule has 1 N–H and O–H groups in total. The maximum atomic E-state index is 13.2. The number of rotatable bonds is 2. The predicted molar refractivity (Wildman–Crippen MR) is 50.1 cm³/mol. The van der Waals surface area contributed by atoms with Crippen LogP contribution in [0, 0.1) is 6.92 Å². The van der Waals surface area contributed by atoms with E-state index >= 15 is 0 Å². The van der Waals surface area contributed by atoms with Gasteiger partial charge in [-0.1, -0.05) is 24.3 Å². The van der Waals surface area contributed by atoms with Gasteiger partial charge < -0.3 is 5.11 Å². The summed E-state index contributed by atoms with van der Waals surface area (Å²) in [5.41, 5.74) is -1.17. The first-order valence-corrected chi connectivity index (χ1v) is 4.59. The molecule has 0 heterocycles. The van der Waals surface area contributed by atoms with Gasteiger partial charge in [0.15, 0.2) is 5.41 Å². The number of carboxylic acids is 1. The van der Waals surface area contributed by atoms with Gasteiger partial charge in [0.25, 0.3) is 5.92 Å². The van der Waals surface area contributed by atoms with Gasteiger partial charge in [0.05, 0.1) is 0 Å². The zero-order valence-corrected chi connectivity index (χ0v) is 8.13. The van der Waals surface area contributed by atoms with Crippen LogP contribution in [0.1, 0.15) is 17.5 Å². The number of carboxylic acid groups (broad SMARTS) is 1. The lowest BCUT2D eigenvalue weighted by molar-refractivity contribution is -0.143. The third-order valence-corrected chi connectivity index (χ3v) is 2.96. The number of alkyl halides is 2. The Bertz CT molecular complexity index is 428. The second-order valence-electron chi connectivity index (χ2n) is 3.91. The molecule has 0 aromatic heterocycles. The van der Waals surface area contributed by atoms with Crippen LogP contribution in [0.5, 0.6) is 0 Å². The maximum Gasteiger partial charge on any atom is 0.320 e. The molecule has 1 fully saturated rings. The van der Waals surface area contributed by atoms with Gasteiger partial charge in [-0.05, 0) is 18.1 Å². The van der Waals surface area contributed by atoms with Gasteiger partial charge in [-0.3, -0.25) is 4.79 Å². The van der Waals surface area contributed by atoms with Crippen LogP contribution in [0.4, 0.5) is 8.78 Å². The highest BCUT2D eigenvalue weighted by Crippen LogP contribution is 2.62. The van der Waals surface area contributed by atoms with Crippen LogP contribution in [0.2, 0.25) is 0 Å². The van der Waals surface area contributed by atoms with E-state index in [0.717, 1.165) is 0 Å². The summed E-state index contributed by atoms with van der Waals surface area (Å²) in [7, 11) is 0. The van der Waals surface area contributed by atoms with Gasteiger partial charge in [-0.2, -0.15) is 0 Å². The topological polar surface area (TPSA) is 37.3 Å². The predicted octanol–water partition coefficient (Wildman–Crippen LogP) is 2.36. The van der Waals surface area contributed by atoms with E-state index in [-0.39, 0.29) is 5.56 Å². The number of halogens is 2. The van der Waals surface area contributed by atoms with Gasteiger partial charge in [-0.15, -0.1) is 0 Å². The summed E-state index contributed by atoms with van der Waals surface area (Å²) >= 11 is 0. The smallest absolute Gasteiger partial charge is 0.320 e. The van der Waals surface area contributed by atoms with E-state index in [2.05, 4.69) is 0 Å². The van der Waals surface area contributed by atoms with Gasteiger partial charge in [0, 0.05) is 6.42 Å². The zero-order valence-electron chi connectivity index (χ0n) is 8.13. The van der Waals surface area contributed by atoms with Crippen molar-refractivity contribution >= 4 is 5.97 Å². The Kier molecular flexibility index (Phi) is 1.87. The van der Waals surface area contributed by atoms with Gasteiger partial charge >= 0.3 is 5.97 Å². The van der Waals surface area contributed by atoms with Crippen molar-refractivity contribution in [2.45, 2.75) is 24.7 Å². The van der Waals surface area contributed by atoms with Crippen LogP contribution in [-0.2, 0) is 10.2 Å². The van der Waals surface area contributed by atoms with E-state index in [9.17, 15) is 13.6 Å². The zero-order chi connectivity index (χ0) is 11.3. The van der Waals surface area contributed by atoms with Crippen LogP contribution in [-0.4, -0.2) is 17.0 Å². The fourth-order valence-electron chi connectivity index (χ4n) is 1.98. The molecule has 0 radical (unpaired) electrons. The molecule has 1 saturated carbocycles. The third-order valence-electron chi connectivity index (χ3n) is 2.96. The molecule has 1 aromatic rings. The highest BCUT2D eigenvalue weighted by Gasteiger charge is 2.77. The first-order valence-electron chi connectivity index (χ1n) is 4.59. The summed E-state index contributed by atoms with van der Waals surface area (Å²) in [5, 5.41) is 8.94. The van der Waals surface area contributed by atoms with Crippen molar-refractivity contribution in [2.75, 3.05) is 0 Å². The largest absolute Gasteiger partial charge is 0.480 e. The second-order valence-corrected chi connectivity index (χ2v) is 3.91. The normalized spacial score (nSPS) is 27.4. The molecule has 2 rings (SSSR count). The number of hydrogen-bond acceptors (Lipinski definition) is 1. The minimum absolute atomic E-state index is 0.225. The Hall–Kier alpha value is -1.45. The van der Waals surface area contributed by atoms with E-state index in [1.165, 1.54) is 6.07 Å². The Labute approximate surface area is 85.5 Å². The van der Waals surface area contributed by atoms with Crippen LogP contribution in [0.15, 0.2) is 24.3 Å². The molecule has 0 spiro atoms. The fraction of sp³-hybridized carbons (Fsp3) is 0.364. The van der Waals surface area contributed by atoms with Crippen molar-refractivity contribution in [3.05, 3.63) is 35.4 Å². The molecule has 0 saturated heterocycles. The minimum atomic E-state index is -3.12. The summed E-state index contributed by atoms with van der Waals surface area (Å²) in [5.74, 6) is -4.56. The average molecular weight is 212 g/mol. The summed E-state index contributed by atoms with van der Waals surface area (Å²) in [6, 6.07) is 6.40. The number of aliphatic carboxylic acids is 1. The first-order chi connectivity index (χ1) is 6.92. The number of hydrogen-bond donors (Lipinski definition) is 1. The molecule has 80 valence electrons. The lowest BCUT2D eigenvalue weighted by Gasteiger charge is -2.14. The first kappa shape index (κ1) is 10.1. The van der Waals surface area contributed by atoms with Gasteiger partial charge in [-0.25, -0.2) is 8.78 Å². The number of aryl methyl sites for hydroxylation is 1. The summed E-state index contributed by atoms with van der Waals surface area (Å²) in [6.45, 7) is 1.65. The van der Waals surface area contributed by atoms with Crippen LogP contribution < -0.4 is 0 Å². The van der Waals surface area contributed by atoms with Crippen LogP contribution >= 0.6 is 0 Å². The van der Waals surface area contributed by atoms with Crippen molar-refractivity contribution in [1.82, 2.24) is 0 Å². The van der Waals surface area contributed by atoms with Crippen molar-refractivity contribution in [2.24, 2.45) is 0 Å². The number of carbonyl (C=O) groups is 1. The number of benzene rings is 1. The van der Waals surface area contributed by atoms with E-state index in [0.29, 0.717) is 5.56 Å². The third kappa shape index (κ3) is 1.17. The Morgan fingerprint density at radius 1 is 1.40 bits per heavy atom. The molecular formula is C11H10F2O2. The molecule has 1 aromatic carbocycles. The van der Waals surface area contributed by atoms with E-state index < -0.39 is 23.7 Å². The molecule has 1 aliphatic carbocycles. The lowest BCUT2D eigenvalue weighted by atomic mass is 9.91. The summed E-state index contributed by atoms with van der Waals surface area (Å²) in [4.78, 5) is 11.0. The summed E-state index contributed by atoms with van der Waals surface area (Å²) in [6.07, 6.45) is -0.597. The Balaban J connectivity index is 2.55. The van der Waals surface area contributed by atoms with Gasteiger partial charge in [0.1, 0.15) is 0 Å². The SMILES string of the molecule is Cc1ccccc1[C@@]1(C(=O)O)CC1(F)F. The molecule has 0 unspecified atom stereocenters. The highest BCUT2D eigenvalue weighted by atomic mass is 19.3. The molecule has 4 heteroatoms. The molecule has 1 atom stereocenters. The van der Waals surface area contributed by atoms with Crippen LogP contribution in [0.25, 0.3) is 0 Å². The quantitative estimate of drug-likeness (QED) is 0.817. The van der Waals surface area contributed by atoms with Crippen molar-refractivity contribution < 1.29 is 18.7 Å². The molecule has 2 nitrogen and oxygen atoms in total. The molecule has 1 aliphatic rings. The highest BCUT2D eigenvalue weighted by molar-refractivity contribution is 5.88. The van der Waals surface area contributed by atoms with E-state index in [1.54, 1.807) is 25.1 Å². The lowest BCUT2D eigenvalue weighted by Crippen LogP contribution is -2.27. The van der Waals surface area contributed by atoms with E-state index in [4.69, 9.17) is 5.11 Å². The molecule has 15 heavy (non-hydrogen) atoms. The van der Waals surface area contributed by atoms with Gasteiger partial charge in [0.2, 0.25) is 0 Å². The molecule has 0 amide bonds. The molecule has 0 aliphatic heterocycles. The Morgan fingerprint density at radius 2 is 1.93 bits per heavy atom. The second kappa shape index (κ2) is 2.78. The average Bonchev–Trinajstić information content (AvgIpc) is 2.71. The minimum Gasteiger partial charge on any atom is -0.480 e. The Morgan fingerprint density at radius 3 is 2.33 bits per heavy atom. The fourth-order valence-corrected chi connectivity index (χ4v) is 1.98. The molecule has 0 bridgehead atoms. The maximum absolute atomic E-state index is 13.2. The van der Waals surface area contributed by atoms with Crippen molar-refractivity contribution in [1.29, 1.82) is 0 Å².